The van der Waals surface area contributed by atoms with Crippen molar-refractivity contribution >= 4 is 22.9 Å². The first kappa shape index (κ1) is 22.9. The Bertz CT molecular complexity index is 1160. The Morgan fingerprint density at radius 1 is 1.18 bits per heavy atom. The van der Waals surface area contributed by atoms with Crippen LogP contribution >= 0.6 is 12.2 Å². The molecule has 1 unspecified atom stereocenters. The minimum absolute atomic E-state index is 0.165. The van der Waals surface area contributed by atoms with Gasteiger partial charge in [-0.2, -0.15) is 4.98 Å². The summed E-state index contributed by atoms with van der Waals surface area (Å²) in [6, 6.07) is 14.4. The number of nitrogens with zero attached hydrogens (tertiary/aromatic N) is 3. The number of nitrogens with one attached hydrogen (secondary N) is 1. The van der Waals surface area contributed by atoms with Gasteiger partial charge in [0.2, 0.25) is 5.82 Å². The fourth-order valence-electron chi connectivity index (χ4n) is 4.00. The van der Waals surface area contributed by atoms with Gasteiger partial charge >= 0.3 is 0 Å². The molecule has 0 saturated heterocycles. The van der Waals surface area contributed by atoms with Crippen molar-refractivity contribution in [3.05, 3.63) is 71.5 Å². The van der Waals surface area contributed by atoms with E-state index in [1.807, 2.05) is 37.3 Å². The van der Waals surface area contributed by atoms with E-state index in [1.165, 1.54) is 13.2 Å². The smallest absolute Gasteiger partial charge is 0.258 e. The maximum absolute atomic E-state index is 14.2. The van der Waals surface area contributed by atoms with Crippen molar-refractivity contribution in [2.45, 2.75) is 39.2 Å². The highest BCUT2D eigenvalue weighted by molar-refractivity contribution is 7.80. The second-order valence-corrected chi connectivity index (χ2v) is 8.31. The molecule has 0 amide bonds. The summed E-state index contributed by atoms with van der Waals surface area (Å²) in [6.45, 7) is 5.01. The monoisotopic (exact) mass is 466 g/mol. The van der Waals surface area contributed by atoms with Gasteiger partial charge in [0.1, 0.15) is 0 Å². The first-order valence-corrected chi connectivity index (χ1v) is 11.5. The number of unbranched alkanes of at least 4 members (excludes halogenated alkanes) is 2. The predicted molar refractivity (Wildman–Crippen MR) is 130 cm³/mol. The minimum atomic E-state index is -0.481. The van der Waals surface area contributed by atoms with E-state index < -0.39 is 5.82 Å². The highest BCUT2D eigenvalue weighted by Gasteiger charge is 2.33. The molecule has 8 heteroatoms. The zero-order chi connectivity index (χ0) is 23.4. The van der Waals surface area contributed by atoms with E-state index in [9.17, 15) is 4.39 Å². The molecule has 1 aliphatic rings. The standard InChI is InChI=1S/C25H27FN4O2S/c1-4-5-9-14-30-16(2)21(22(27-25(30)33)17-10-7-6-8-11-17)24-28-23(29-32-24)18-12-13-20(31-3)19(26)15-18/h6-8,10-13,15,22H,4-5,9,14H2,1-3H3,(H,27,33). The molecule has 1 N–H and O–H groups in total. The van der Waals surface area contributed by atoms with Crippen LogP contribution in [0.25, 0.3) is 17.0 Å². The molecule has 33 heavy (non-hydrogen) atoms. The van der Waals surface area contributed by atoms with Gasteiger partial charge in [0.05, 0.1) is 18.7 Å². The predicted octanol–water partition coefficient (Wildman–Crippen LogP) is 5.74. The van der Waals surface area contributed by atoms with Gasteiger partial charge in [-0.1, -0.05) is 55.3 Å². The lowest BCUT2D eigenvalue weighted by Crippen LogP contribution is -2.46. The molecule has 2 heterocycles. The van der Waals surface area contributed by atoms with Gasteiger partial charge in [0.15, 0.2) is 16.7 Å². The third kappa shape index (κ3) is 4.75. The molecule has 6 nitrogen and oxygen atoms in total. The second kappa shape index (κ2) is 10.1. The highest BCUT2D eigenvalue weighted by Crippen LogP contribution is 2.37. The Morgan fingerprint density at radius 2 is 1.97 bits per heavy atom. The normalized spacial score (nSPS) is 16.2. The number of hydrogen-bond donors (Lipinski definition) is 1. The van der Waals surface area contributed by atoms with E-state index in [1.54, 1.807) is 12.1 Å². The summed E-state index contributed by atoms with van der Waals surface area (Å²) in [7, 11) is 1.43. The Morgan fingerprint density at radius 3 is 2.67 bits per heavy atom. The van der Waals surface area contributed by atoms with Crippen molar-refractivity contribution < 1.29 is 13.7 Å². The number of halogens is 1. The van der Waals surface area contributed by atoms with Crippen molar-refractivity contribution in [1.82, 2.24) is 20.4 Å². The van der Waals surface area contributed by atoms with E-state index in [2.05, 4.69) is 27.3 Å². The van der Waals surface area contributed by atoms with E-state index in [4.69, 9.17) is 21.5 Å². The number of methoxy groups -OCH3 is 1. The van der Waals surface area contributed by atoms with E-state index >= 15 is 0 Å². The molecule has 1 aromatic heterocycles. The number of benzene rings is 2. The number of thiocarbonyl (C=S) groups is 1. The van der Waals surface area contributed by atoms with Crippen LogP contribution in [0, 0.1) is 5.82 Å². The van der Waals surface area contributed by atoms with Crippen LogP contribution in [0.2, 0.25) is 0 Å². The summed E-state index contributed by atoms with van der Waals surface area (Å²) in [5, 5.41) is 8.27. The van der Waals surface area contributed by atoms with Crippen molar-refractivity contribution in [2.75, 3.05) is 13.7 Å². The van der Waals surface area contributed by atoms with E-state index in [0.29, 0.717) is 22.4 Å². The molecule has 172 valence electrons. The summed E-state index contributed by atoms with van der Waals surface area (Å²) >= 11 is 5.71. The fraction of sp³-hybridized carbons (Fsp3) is 0.320. The van der Waals surface area contributed by atoms with Crippen LogP contribution in [0.3, 0.4) is 0 Å². The molecule has 0 saturated carbocycles. The van der Waals surface area contributed by atoms with Crippen molar-refractivity contribution in [2.24, 2.45) is 0 Å². The number of ether oxygens (including phenoxy) is 1. The van der Waals surface area contributed by atoms with Gasteiger partial charge in [-0.3, -0.25) is 0 Å². The van der Waals surface area contributed by atoms with Crippen LogP contribution in [-0.4, -0.2) is 33.8 Å². The minimum Gasteiger partial charge on any atom is -0.494 e. The molecule has 2 aromatic carbocycles. The lowest BCUT2D eigenvalue weighted by atomic mass is 9.94. The number of hydrogen-bond acceptors (Lipinski definition) is 5. The summed E-state index contributed by atoms with van der Waals surface area (Å²) in [5.74, 6) is 0.371. The van der Waals surface area contributed by atoms with Crippen LogP contribution in [0.5, 0.6) is 5.75 Å². The van der Waals surface area contributed by atoms with Crippen molar-refractivity contribution in [1.29, 1.82) is 0 Å². The molecular formula is C25H27FN4O2S. The average molecular weight is 467 g/mol. The van der Waals surface area contributed by atoms with Crippen LogP contribution < -0.4 is 10.1 Å². The van der Waals surface area contributed by atoms with Gasteiger partial charge in [0, 0.05) is 17.8 Å². The molecule has 3 aromatic rings. The van der Waals surface area contributed by atoms with Gasteiger partial charge in [-0.05, 0) is 49.3 Å². The molecule has 1 aliphatic heterocycles. The maximum Gasteiger partial charge on any atom is 0.258 e. The van der Waals surface area contributed by atoms with E-state index in [-0.39, 0.29) is 11.8 Å². The SMILES string of the molecule is CCCCCN1C(=S)NC(c2ccccc2)C(c2nc(-c3ccc(OC)c(F)c3)no2)=C1C. The van der Waals surface area contributed by atoms with Crippen LogP contribution in [0.4, 0.5) is 4.39 Å². The molecule has 4 rings (SSSR count). The van der Waals surface area contributed by atoms with Crippen LogP contribution in [0.15, 0.2) is 58.8 Å². The van der Waals surface area contributed by atoms with Crippen molar-refractivity contribution in [3.63, 3.8) is 0 Å². The zero-order valence-electron chi connectivity index (χ0n) is 19.0. The number of allylic oxidation sites excluding steroid dienone is 1. The summed E-state index contributed by atoms with van der Waals surface area (Å²) in [6.07, 6.45) is 3.28. The Kier molecular flexibility index (Phi) is 7.03. The molecular weight excluding hydrogens is 439 g/mol. The number of rotatable bonds is 8. The largest absolute Gasteiger partial charge is 0.494 e. The molecule has 1 atom stereocenters. The maximum atomic E-state index is 14.2. The molecule has 0 radical (unpaired) electrons. The van der Waals surface area contributed by atoms with E-state index in [0.717, 1.165) is 42.6 Å². The molecule has 0 bridgehead atoms. The average Bonchev–Trinajstić information content (AvgIpc) is 3.31. The lowest BCUT2D eigenvalue weighted by molar-refractivity contribution is 0.386. The first-order valence-electron chi connectivity index (χ1n) is 11.0. The Balaban J connectivity index is 1.75. The van der Waals surface area contributed by atoms with Crippen LogP contribution in [0.1, 0.15) is 50.6 Å². The quantitative estimate of drug-likeness (QED) is 0.336. The topological polar surface area (TPSA) is 63.4 Å². The fourth-order valence-corrected chi connectivity index (χ4v) is 4.34. The number of aromatic nitrogens is 2. The summed E-state index contributed by atoms with van der Waals surface area (Å²) < 4.78 is 24.9. The lowest BCUT2D eigenvalue weighted by Gasteiger charge is -2.37. The molecule has 0 fully saturated rings. The first-order chi connectivity index (χ1) is 16.0. The Labute approximate surface area is 198 Å². The van der Waals surface area contributed by atoms with Crippen LogP contribution in [-0.2, 0) is 0 Å². The third-order valence-electron chi connectivity index (χ3n) is 5.78. The summed E-state index contributed by atoms with van der Waals surface area (Å²) in [5.41, 5.74) is 3.38. The zero-order valence-corrected chi connectivity index (χ0v) is 19.8. The van der Waals surface area contributed by atoms with Gasteiger partial charge in [-0.15, -0.1) is 0 Å². The van der Waals surface area contributed by atoms with Gasteiger partial charge < -0.3 is 19.5 Å². The van der Waals surface area contributed by atoms with Gasteiger partial charge in [-0.25, -0.2) is 4.39 Å². The molecule has 0 aliphatic carbocycles. The highest BCUT2D eigenvalue weighted by atomic mass is 32.1. The summed E-state index contributed by atoms with van der Waals surface area (Å²) in [4.78, 5) is 6.72. The van der Waals surface area contributed by atoms with Crippen molar-refractivity contribution in [3.8, 4) is 17.1 Å². The van der Waals surface area contributed by atoms with Gasteiger partial charge in [0.25, 0.3) is 5.89 Å². The Hall–Kier alpha value is -3.26. The third-order valence-corrected chi connectivity index (χ3v) is 6.12. The second-order valence-electron chi connectivity index (χ2n) is 7.92. The molecule has 0 spiro atoms.